The van der Waals surface area contributed by atoms with E-state index in [1.165, 1.54) is 6.08 Å². The normalized spacial score (nSPS) is 12.2. The number of halogens is 1. The van der Waals surface area contributed by atoms with E-state index in [0.717, 1.165) is 11.1 Å². The molecule has 0 radical (unpaired) electrons. The van der Waals surface area contributed by atoms with Gasteiger partial charge in [-0.1, -0.05) is 47.1 Å². The van der Waals surface area contributed by atoms with Gasteiger partial charge in [-0.25, -0.2) is 0 Å². The molecule has 0 spiro atoms. The number of hydrogen-bond acceptors (Lipinski definition) is 4. The van der Waals surface area contributed by atoms with Crippen LogP contribution in [0.4, 0.5) is 0 Å². The maximum Gasteiger partial charge on any atom is 0.249 e. The minimum absolute atomic E-state index is 0.234. The smallest absolute Gasteiger partial charge is 0.249 e. The molecule has 1 aromatic heterocycles. The highest BCUT2D eigenvalue weighted by molar-refractivity contribution is 6.30. The van der Waals surface area contributed by atoms with Gasteiger partial charge in [0.25, 0.3) is 0 Å². The highest BCUT2D eigenvalue weighted by atomic mass is 35.5. The first-order valence-corrected chi connectivity index (χ1v) is 8.13. The fourth-order valence-corrected chi connectivity index (χ4v) is 2.31. The Kier molecular flexibility index (Phi) is 5.26. The van der Waals surface area contributed by atoms with E-state index in [9.17, 15) is 4.79 Å². The van der Waals surface area contributed by atoms with Crippen LogP contribution in [0.5, 0.6) is 0 Å². The number of benzene rings is 2. The SMILES string of the molecule is CC(NC(=O)C=Cc1ccccc1)c1nc(-c2ccc(Cl)cc2)no1. The first-order valence-electron chi connectivity index (χ1n) is 7.75. The van der Waals surface area contributed by atoms with Crippen LogP contribution in [0, 0.1) is 0 Å². The number of nitrogens with zero attached hydrogens (tertiary/aromatic N) is 2. The van der Waals surface area contributed by atoms with Gasteiger partial charge >= 0.3 is 0 Å². The Morgan fingerprint density at radius 1 is 1.16 bits per heavy atom. The van der Waals surface area contributed by atoms with Crippen molar-refractivity contribution in [3.63, 3.8) is 0 Å². The summed E-state index contributed by atoms with van der Waals surface area (Å²) in [6.07, 6.45) is 3.22. The lowest BCUT2D eigenvalue weighted by atomic mass is 10.2. The summed E-state index contributed by atoms with van der Waals surface area (Å²) in [5.74, 6) is 0.557. The van der Waals surface area contributed by atoms with Gasteiger partial charge in [0.05, 0.1) is 0 Å². The van der Waals surface area contributed by atoms with E-state index >= 15 is 0 Å². The summed E-state index contributed by atoms with van der Waals surface area (Å²) in [6.45, 7) is 1.79. The van der Waals surface area contributed by atoms with Crippen molar-refractivity contribution in [2.45, 2.75) is 13.0 Å². The van der Waals surface area contributed by atoms with Gasteiger partial charge in [-0.05, 0) is 42.8 Å². The topological polar surface area (TPSA) is 68.0 Å². The second-order valence-electron chi connectivity index (χ2n) is 5.44. The van der Waals surface area contributed by atoms with Crippen molar-refractivity contribution in [3.05, 3.63) is 77.2 Å². The van der Waals surface area contributed by atoms with Gasteiger partial charge in [0.2, 0.25) is 17.6 Å². The molecule has 6 heteroatoms. The molecule has 3 aromatic rings. The van der Waals surface area contributed by atoms with Gasteiger partial charge in [-0.2, -0.15) is 4.98 Å². The Hall–Kier alpha value is -2.92. The lowest BCUT2D eigenvalue weighted by molar-refractivity contribution is -0.117. The molecular weight excluding hydrogens is 338 g/mol. The number of rotatable bonds is 5. The van der Waals surface area contributed by atoms with Crippen molar-refractivity contribution in [1.29, 1.82) is 0 Å². The molecule has 1 heterocycles. The van der Waals surface area contributed by atoms with Crippen LogP contribution in [0.1, 0.15) is 24.4 Å². The number of aromatic nitrogens is 2. The summed E-state index contributed by atoms with van der Waals surface area (Å²) in [6, 6.07) is 16.3. The van der Waals surface area contributed by atoms with Gasteiger partial charge in [-0.3, -0.25) is 4.79 Å². The third-order valence-corrected chi connectivity index (χ3v) is 3.75. The molecule has 0 saturated heterocycles. The average Bonchev–Trinajstić information content (AvgIpc) is 3.12. The minimum atomic E-state index is -0.401. The third-order valence-electron chi connectivity index (χ3n) is 3.50. The van der Waals surface area contributed by atoms with Crippen molar-refractivity contribution in [2.24, 2.45) is 0 Å². The number of nitrogens with one attached hydrogen (secondary N) is 1. The summed E-state index contributed by atoms with van der Waals surface area (Å²) in [5, 5.41) is 7.37. The van der Waals surface area contributed by atoms with Crippen molar-refractivity contribution in [3.8, 4) is 11.4 Å². The molecule has 1 atom stereocenters. The Balaban J connectivity index is 1.63. The molecule has 0 aliphatic rings. The monoisotopic (exact) mass is 353 g/mol. The first-order chi connectivity index (χ1) is 12.1. The number of amides is 1. The molecular formula is C19H16ClN3O2. The Morgan fingerprint density at radius 2 is 1.88 bits per heavy atom. The summed E-state index contributed by atoms with van der Waals surface area (Å²) in [4.78, 5) is 16.3. The Bertz CT molecular complexity index is 873. The predicted molar refractivity (Wildman–Crippen MR) is 96.8 cm³/mol. The molecule has 0 aliphatic carbocycles. The van der Waals surface area contributed by atoms with Crippen LogP contribution in [0.3, 0.4) is 0 Å². The zero-order valence-electron chi connectivity index (χ0n) is 13.5. The molecule has 0 aliphatic heterocycles. The summed E-state index contributed by atoms with van der Waals surface area (Å²) in [7, 11) is 0. The highest BCUT2D eigenvalue weighted by Gasteiger charge is 2.16. The van der Waals surface area contributed by atoms with E-state index < -0.39 is 6.04 Å². The van der Waals surface area contributed by atoms with E-state index in [1.807, 2.05) is 42.5 Å². The Labute approximate surface area is 150 Å². The summed E-state index contributed by atoms with van der Waals surface area (Å²) in [5.41, 5.74) is 1.75. The molecule has 2 aromatic carbocycles. The zero-order valence-corrected chi connectivity index (χ0v) is 14.3. The van der Waals surface area contributed by atoms with Crippen molar-refractivity contribution >= 4 is 23.6 Å². The molecule has 5 nitrogen and oxygen atoms in total. The van der Waals surface area contributed by atoms with E-state index in [0.29, 0.717) is 16.7 Å². The fourth-order valence-electron chi connectivity index (χ4n) is 2.19. The van der Waals surface area contributed by atoms with Crippen LogP contribution >= 0.6 is 11.6 Å². The quantitative estimate of drug-likeness (QED) is 0.695. The van der Waals surface area contributed by atoms with Gasteiger partial charge < -0.3 is 9.84 Å². The van der Waals surface area contributed by atoms with Gasteiger partial charge in [0.1, 0.15) is 6.04 Å². The zero-order chi connectivity index (χ0) is 17.6. The molecule has 1 amide bonds. The average molecular weight is 354 g/mol. The third kappa shape index (κ3) is 4.55. The maximum absolute atomic E-state index is 12.0. The second-order valence-corrected chi connectivity index (χ2v) is 5.87. The van der Waals surface area contributed by atoms with Crippen molar-refractivity contribution in [2.75, 3.05) is 0 Å². The lowest BCUT2D eigenvalue weighted by Gasteiger charge is -2.06. The van der Waals surface area contributed by atoms with Crippen LogP contribution in [0.2, 0.25) is 5.02 Å². The lowest BCUT2D eigenvalue weighted by Crippen LogP contribution is -2.24. The van der Waals surface area contributed by atoms with Gasteiger partial charge in [-0.15, -0.1) is 0 Å². The number of carbonyl (C=O) groups is 1. The van der Waals surface area contributed by atoms with E-state index in [1.54, 1.807) is 25.1 Å². The molecule has 25 heavy (non-hydrogen) atoms. The molecule has 0 saturated carbocycles. The van der Waals surface area contributed by atoms with Crippen LogP contribution in [0.15, 0.2) is 65.2 Å². The summed E-state index contributed by atoms with van der Waals surface area (Å²) >= 11 is 5.87. The standard InChI is InChI=1S/C19H16ClN3O2/c1-13(21-17(24)12-7-14-5-3-2-4-6-14)19-22-18(23-25-19)15-8-10-16(20)11-9-15/h2-13H,1H3,(H,21,24). The van der Waals surface area contributed by atoms with Crippen LogP contribution in [-0.4, -0.2) is 16.0 Å². The molecule has 1 N–H and O–H groups in total. The molecule has 126 valence electrons. The van der Waals surface area contributed by atoms with Crippen LogP contribution < -0.4 is 5.32 Å². The van der Waals surface area contributed by atoms with Crippen molar-refractivity contribution in [1.82, 2.24) is 15.5 Å². The molecule has 1 unspecified atom stereocenters. The Morgan fingerprint density at radius 3 is 2.60 bits per heavy atom. The van der Waals surface area contributed by atoms with Crippen molar-refractivity contribution < 1.29 is 9.32 Å². The van der Waals surface area contributed by atoms with E-state index in [2.05, 4.69) is 15.5 Å². The first kappa shape index (κ1) is 16.9. The largest absolute Gasteiger partial charge is 0.341 e. The summed E-state index contributed by atoms with van der Waals surface area (Å²) < 4.78 is 5.24. The van der Waals surface area contributed by atoms with E-state index in [4.69, 9.17) is 16.1 Å². The van der Waals surface area contributed by atoms with Gasteiger partial charge in [0, 0.05) is 16.7 Å². The van der Waals surface area contributed by atoms with Crippen LogP contribution in [-0.2, 0) is 4.79 Å². The minimum Gasteiger partial charge on any atom is -0.341 e. The maximum atomic E-state index is 12.0. The second kappa shape index (κ2) is 7.77. The predicted octanol–water partition coefficient (Wildman–Crippen LogP) is 4.28. The van der Waals surface area contributed by atoms with E-state index in [-0.39, 0.29) is 5.91 Å². The number of carbonyl (C=O) groups excluding carboxylic acids is 1. The fraction of sp³-hybridized carbons (Fsp3) is 0.105. The van der Waals surface area contributed by atoms with Gasteiger partial charge in [0.15, 0.2) is 0 Å². The molecule has 0 fully saturated rings. The molecule has 3 rings (SSSR count). The molecule has 0 bridgehead atoms. The van der Waals surface area contributed by atoms with Crippen LogP contribution in [0.25, 0.3) is 17.5 Å². The number of hydrogen-bond donors (Lipinski definition) is 1. The highest BCUT2D eigenvalue weighted by Crippen LogP contribution is 2.20.